The normalized spacial score (nSPS) is 10.2. The molecule has 0 atom stereocenters. The van der Waals surface area contributed by atoms with Crippen LogP contribution in [0.15, 0.2) is 29.6 Å². The minimum Gasteiger partial charge on any atom is -0.451 e. The van der Waals surface area contributed by atoms with E-state index in [1.165, 1.54) is 11.3 Å². The summed E-state index contributed by atoms with van der Waals surface area (Å²) in [7, 11) is 0. The number of hydrogen-bond donors (Lipinski definition) is 1. The highest BCUT2D eigenvalue weighted by Gasteiger charge is 2.14. The maximum absolute atomic E-state index is 12.9. The van der Waals surface area contributed by atoms with E-state index in [1.807, 2.05) is 0 Å². The SMILES string of the molecule is Cc1ccsc1C(=O)OCC(=O)Nc1cc(F)cc(F)c1. The molecule has 0 radical (unpaired) electrons. The van der Waals surface area contributed by atoms with E-state index < -0.39 is 30.1 Å². The summed E-state index contributed by atoms with van der Waals surface area (Å²) in [5.41, 5.74) is 0.721. The number of ether oxygens (including phenoxy) is 1. The van der Waals surface area contributed by atoms with Crippen molar-refractivity contribution < 1.29 is 23.1 Å². The fourth-order valence-electron chi connectivity index (χ4n) is 1.60. The van der Waals surface area contributed by atoms with Gasteiger partial charge in [0.15, 0.2) is 6.61 Å². The Morgan fingerprint density at radius 1 is 1.24 bits per heavy atom. The molecule has 0 saturated carbocycles. The minimum absolute atomic E-state index is 0.0409. The second-order valence-corrected chi connectivity index (χ2v) is 5.13. The van der Waals surface area contributed by atoms with Gasteiger partial charge in [0.25, 0.3) is 5.91 Å². The van der Waals surface area contributed by atoms with Gasteiger partial charge in [-0.1, -0.05) is 0 Å². The molecule has 0 aliphatic heterocycles. The number of hydrogen-bond acceptors (Lipinski definition) is 4. The van der Waals surface area contributed by atoms with E-state index in [0.717, 1.165) is 17.7 Å². The zero-order chi connectivity index (χ0) is 15.4. The average molecular weight is 311 g/mol. The van der Waals surface area contributed by atoms with E-state index in [0.29, 0.717) is 10.9 Å². The molecule has 0 saturated heterocycles. The molecule has 2 rings (SSSR count). The van der Waals surface area contributed by atoms with Crippen LogP contribution < -0.4 is 5.32 Å². The van der Waals surface area contributed by atoms with Crippen molar-refractivity contribution in [1.82, 2.24) is 0 Å². The number of anilines is 1. The lowest BCUT2D eigenvalue weighted by Crippen LogP contribution is -2.21. The van der Waals surface area contributed by atoms with Gasteiger partial charge in [-0.15, -0.1) is 11.3 Å². The summed E-state index contributed by atoms with van der Waals surface area (Å²) >= 11 is 1.21. The molecule has 1 amide bonds. The van der Waals surface area contributed by atoms with Crippen molar-refractivity contribution >= 4 is 28.9 Å². The van der Waals surface area contributed by atoms with Crippen molar-refractivity contribution in [2.45, 2.75) is 6.92 Å². The van der Waals surface area contributed by atoms with E-state index >= 15 is 0 Å². The molecular weight excluding hydrogens is 300 g/mol. The summed E-state index contributed by atoms with van der Waals surface area (Å²) in [6.45, 7) is 1.22. The number of rotatable bonds is 4. The molecule has 1 aromatic heterocycles. The highest BCUT2D eigenvalue weighted by molar-refractivity contribution is 7.12. The first-order valence-corrected chi connectivity index (χ1v) is 6.81. The van der Waals surface area contributed by atoms with Crippen LogP contribution >= 0.6 is 11.3 Å². The fraction of sp³-hybridized carbons (Fsp3) is 0.143. The Balaban J connectivity index is 1.90. The van der Waals surface area contributed by atoms with Gasteiger partial charge >= 0.3 is 5.97 Å². The van der Waals surface area contributed by atoms with Crippen molar-refractivity contribution in [2.24, 2.45) is 0 Å². The second kappa shape index (κ2) is 6.45. The lowest BCUT2D eigenvalue weighted by atomic mass is 10.3. The summed E-state index contributed by atoms with van der Waals surface area (Å²) in [5, 5.41) is 3.98. The Bertz CT molecular complexity index is 664. The molecule has 0 fully saturated rings. The number of carbonyl (C=O) groups excluding carboxylic acids is 2. The number of thiophene rings is 1. The van der Waals surface area contributed by atoms with Gasteiger partial charge in [0.1, 0.15) is 16.5 Å². The zero-order valence-corrected chi connectivity index (χ0v) is 11.8. The third-order valence-corrected chi connectivity index (χ3v) is 3.52. The quantitative estimate of drug-likeness (QED) is 0.883. The summed E-state index contributed by atoms with van der Waals surface area (Å²) in [4.78, 5) is 23.7. The standard InChI is InChI=1S/C14H11F2NO3S/c1-8-2-3-21-13(8)14(19)20-7-12(18)17-11-5-9(15)4-10(16)6-11/h2-6H,7H2,1H3,(H,17,18). The van der Waals surface area contributed by atoms with Crippen LogP contribution in [0.25, 0.3) is 0 Å². The van der Waals surface area contributed by atoms with Crippen LogP contribution in [0.4, 0.5) is 14.5 Å². The summed E-state index contributed by atoms with van der Waals surface area (Å²) in [5.74, 6) is -2.90. The number of benzene rings is 1. The highest BCUT2D eigenvalue weighted by atomic mass is 32.1. The topological polar surface area (TPSA) is 55.4 Å². The molecule has 21 heavy (non-hydrogen) atoms. The molecule has 1 heterocycles. The molecule has 0 aliphatic rings. The minimum atomic E-state index is -0.809. The van der Waals surface area contributed by atoms with Gasteiger partial charge in [0.05, 0.1) is 0 Å². The number of aryl methyl sites for hydroxylation is 1. The first kappa shape index (κ1) is 15.1. The molecule has 0 bridgehead atoms. The fourth-order valence-corrected chi connectivity index (χ4v) is 2.42. The molecule has 7 heteroatoms. The summed E-state index contributed by atoms with van der Waals surface area (Å²) in [6, 6.07) is 4.38. The molecule has 2 aromatic rings. The van der Waals surface area contributed by atoms with Crippen molar-refractivity contribution in [1.29, 1.82) is 0 Å². The van der Waals surface area contributed by atoms with E-state index in [2.05, 4.69) is 5.32 Å². The maximum Gasteiger partial charge on any atom is 0.349 e. The first-order chi connectivity index (χ1) is 9.95. The van der Waals surface area contributed by atoms with Crippen molar-refractivity contribution in [3.05, 3.63) is 51.7 Å². The lowest BCUT2D eigenvalue weighted by molar-refractivity contribution is -0.119. The van der Waals surface area contributed by atoms with Crippen LogP contribution in [0.3, 0.4) is 0 Å². The highest BCUT2D eigenvalue weighted by Crippen LogP contribution is 2.17. The maximum atomic E-state index is 12.9. The molecule has 0 spiro atoms. The predicted molar refractivity (Wildman–Crippen MR) is 74.3 cm³/mol. The molecule has 0 unspecified atom stereocenters. The Hall–Kier alpha value is -2.28. The van der Waals surface area contributed by atoms with Crippen molar-refractivity contribution in [3.63, 3.8) is 0 Å². The van der Waals surface area contributed by atoms with Gasteiger partial charge in [0, 0.05) is 11.8 Å². The van der Waals surface area contributed by atoms with Gasteiger partial charge in [-0.25, -0.2) is 13.6 Å². The van der Waals surface area contributed by atoms with Crippen molar-refractivity contribution in [3.8, 4) is 0 Å². The molecular formula is C14H11F2NO3S. The van der Waals surface area contributed by atoms with Gasteiger partial charge in [-0.2, -0.15) is 0 Å². The number of esters is 1. The first-order valence-electron chi connectivity index (χ1n) is 5.93. The largest absolute Gasteiger partial charge is 0.451 e. The van der Waals surface area contributed by atoms with Crippen LogP contribution in [0.5, 0.6) is 0 Å². The van der Waals surface area contributed by atoms with Gasteiger partial charge in [-0.3, -0.25) is 4.79 Å². The summed E-state index contributed by atoms with van der Waals surface area (Å²) in [6.07, 6.45) is 0. The molecule has 0 aliphatic carbocycles. The van der Waals surface area contributed by atoms with Crippen LogP contribution in [0.2, 0.25) is 0 Å². The van der Waals surface area contributed by atoms with Crippen molar-refractivity contribution in [2.75, 3.05) is 11.9 Å². The van der Waals surface area contributed by atoms with Crippen LogP contribution in [-0.2, 0) is 9.53 Å². The van der Waals surface area contributed by atoms with Crippen LogP contribution in [-0.4, -0.2) is 18.5 Å². The van der Waals surface area contributed by atoms with Gasteiger partial charge in [-0.05, 0) is 36.1 Å². The third kappa shape index (κ3) is 4.09. The summed E-state index contributed by atoms with van der Waals surface area (Å²) < 4.78 is 30.7. The third-order valence-electron chi connectivity index (χ3n) is 2.53. The second-order valence-electron chi connectivity index (χ2n) is 4.22. The van der Waals surface area contributed by atoms with Crippen LogP contribution in [0.1, 0.15) is 15.2 Å². The number of amides is 1. The molecule has 110 valence electrons. The van der Waals surface area contributed by atoms with E-state index in [9.17, 15) is 18.4 Å². The van der Waals surface area contributed by atoms with E-state index in [4.69, 9.17) is 4.74 Å². The predicted octanol–water partition coefficient (Wildman–Crippen LogP) is 3.13. The zero-order valence-electron chi connectivity index (χ0n) is 11.0. The average Bonchev–Trinajstić information content (AvgIpc) is 2.81. The number of carbonyl (C=O) groups is 2. The van der Waals surface area contributed by atoms with E-state index in [1.54, 1.807) is 18.4 Å². The Morgan fingerprint density at radius 3 is 2.48 bits per heavy atom. The monoisotopic (exact) mass is 311 g/mol. The Morgan fingerprint density at radius 2 is 1.90 bits per heavy atom. The lowest BCUT2D eigenvalue weighted by Gasteiger charge is -2.06. The van der Waals surface area contributed by atoms with Gasteiger partial charge < -0.3 is 10.1 Å². The molecule has 4 nitrogen and oxygen atoms in total. The number of nitrogens with one attached hydrogen (secondary N) is 1. The van der Waals surface area contributed by atoms with Gasteiger partial charge in [0.2, 0.25) is 0 Å². The Labute approximate surface area is 123 Å². The molecule has 1 aromatic carbocycles. The Kier molecular flexibility index (Phi) is 4.64. The molecule has 1 N–H and O–H groups in total. The van der Waals surface area contributed by atoms with Crippen LogP contribution in [0, 0.1) is 18.6 Å². The number of halogens is 2. The van der Waals surface area contributed by atoms with E-state index in [-0.39, 0.29) is 5.69 Å². The smallest absolute Gasteiger partial charge is 0.349 e.